The molecule has 0 atom stereocenters. The molecule has 1 aromatic carbocycles. The monoisotopic (exact) mass is 325 g/mol. The molecule has 0 amide bonds. The number of carboxylic acids is 1. The second-order valence-corrected chi connectivity index (χ2v) is 4.29. The summed E-state index contributed by atoms with van der Waals surface area (Å²) in [4.78, 5) is 14.1. The largest absolute Gasteiger partial charge is 0.475 e. The van der Waals surface area contributed by atoms with Crippen LogP contribution < -0.4 is 9.47 Å². The van der Waals surface area contributed by atoms with Crippen molar-refractivity contribution in [3.63, 3.8) is 0 Å². The fourth-order valence-electron chi connectivity index (χ4n) is 1.49. The summed E-state index contributed by atoms with van der Waals surface area (Å²) in [6.45, 7) is 3.21. The second kappa shape index (κ2) is 6.39. The molecule has 5 nitrogen and oxygen atoms in total. The molecule has 0 aliphatic heterocycles. The molecule has 1 N–H and O–H groups in total. The van der Waals surface area contributed by atoms with Gasteiger partial charge in [-0.05, 0) is 36.9 Å². The van der Waals surface area contributed by atoms with E-state index in [1.807, 2.05) is 0 Å². The van der Waals surface area contributed by atoms with E-state index < -0.39 is 23.5 Å². The smallest absolute Gasteiger partial charge is 0.417 e. The number of hydrogen-bond acceptors (Lipinski definition) is 4. The maximum atomic E-state index is 12.4. The highest BCUT2D eigenvalue weighted by Gasteiger charge is 2.30. The van der Waals surface area contributed by atoms with Crippen LogP contribution in [-0.2, 0) is 11.0 Å². The van der Waals surface area contributed by atoms with Gasteiger partial charge in [0.2, 0.25) is 11.6 Å². The quantitative estimate of drug-likeness (QED) is 0.667. The molecule has 23 heavy (non-hydrogen) atoms. The minimum atomic E-state index is -4.46. The van der Waals surface area contributed by atoms with Crippen LogP contribution in [0.1, 0.15) is 5.56 Å². The number of aliphatic carboxylic acids is 1. The van der Waals surface area contributed by atoms with Gasteiger partial charge in [-0.25, -0.2) is 9.78 Å². The van der Waals surface area contributed by atoms with Crippen molar-refractivity contribution < 1.29 is 32.5 Å². The summed E-state index contributed by atoms with van der Waals surface area (Å²) in [5.41, 5.74) is -0.874. The Kier molecular flexibility index (Phi) is 4.54. The third-order valence-corrected chi connectivity index (χ3v) is 2.59. The Morgan fingerprint density at radius 2 is 1.70 bits per heavy atom. The number of ether oxygens (including phenoxy) is 2. The van der Waals surface area contributed by atoms with Gasteiger partial charge in [0.15, 0.2) is 0 Å². The van der Waals surface area contributed by atoms with Crippen molar-refractivity contribution in [2.24, 2.45) is 0 Å². The fraction of sp³-hybridized carbons (Fsp3) is 0.0667. The number of rotatable bonds is 5. The lowest BCUT2D eigenvalue weighted by atomic mass is 10.3. The van der Waals surface area contributed by atoms with E-state index in [0.717, 1.165) is 12.1 Å². The predicted octanol–water partition coefficient (Wildman–Crippen LogP) is 3.87. The normalized spacial score (nSPS) is 10.9. The zero-order valence-corrected chi connectivity index (χ0v) is 11.5. The van der Waals surface area contributed by atoms with E-state index in [1.54, 1.807) is 0 Å². The molecule has 0 bridgehead atoms. The Morgan fingerprint density at radius 3 is 2.17 bits per heavy atom. The number of benzene rings is 1. The number of carbonyl (C=O) groups is 1. The molecule has 120 valence electrons. The number of alkyl halides is 3. The van der Waals surface area contributed by atoms with Gasteiger partial charge < -0.3 is 14.6 Å². The molecular weight excluding hydrogens is 315 g/mol. The Labute approximate surface area is 128 Å². The molecule has 0 spiro atoms. The van der Waals surface area contributed by atoms with E-state index in [4.69, 9.17) is 14.6 Å². The third kappa shape index (κ3) is 4.47. The van der Waals surface area contributed by atoms with Crippen LogP contribution in [0.5, 0.6) is 17.4 Å². The van der Waals surface area contributed by atoms with Crippen LogP contribution in [0.3, 0.4) is 0 Å². The van der Waals surface area contributed by atoms with Crippen LogP contribution >= 0.6 is 0 Å². The summed E-state index contributed by atoms with van der Waals surface area (Å²) in [6, 6.07) is 7.70. The number of aromatic nitrogens is 1. The number of nitrogens with zero attached hydrogens (tertiary/aromatic N) is 1. The van der Waals surface area contributed by atoms with Crippen LogP contribution in [0.25, 0.3) is 0 Å². The molecule has 1 heterocycles. The zero-order chi connectivity index (χ0) is 17.0. The number of carboxylic acid groups (broad SMARTS) is 1. The van der Waals surface area contributed by atoms with Crippen molar-refractivity contribution >= 4 is 5.97 Å². The summed E-state index contributed by atoms with van der Waals surface area (Å²) < 4.78 is 47.4. The van der Waals surface area contributed by atoms with E-state index in [-0.39, 0.29) is 11.6 Å². The average molecular weight is 325 g/mol. The molecule has 0 aliphatic rings. The number of pyridine rings is 1. The molecule has 0 saturated carbocycles. The summed E-state index contributed by atoms with van der Waals surface area (Å²) in [5.74, 6) is -1.22. The van der Waals surface area contributed by atoms with Crippen LogP contribution in [0, 0.1) is 0 Å². The highest BCUT2D eigenvalue weighted by Crippen LogP contribution is 2.30. The first-order chi connectivity index (χ1) is 10.8. The number of halogens is 3. The molecular formula is C15H10F3NO4. The van der Waals surface area contributed by atoms with E-state index in [0.29, 0.717) is 11.9 Å². The van der Waals surface area contributed by atoms with Gasteiger partial charge in [-0.1, -0.05) is 0 Å². The number of hydrogen-bond donors (Lipinski definition) is 1. The van der Waals surface area contributed by atoms with Gasteiger partial charge in [0.25, 0.3) is 0 Å². The Balaban J connectivity index is 2.03. The molecule has 0 radical (unpaired) electrons. The van der Waals surface area contributed by atoms with Gasteiger partial charge in [-0.15, -0.1) is 0 Å². The van der Waals surface area contributed by atoms with Crippen LogP contribution in [-0.4, -0.2) is 16.1 Å². The maximum absolute atomic E-state index is 12.4. The summed E-state index contributed by atoms with van der Waals surface area (Å²) >= 11 is 0. The Hall–Kier alpha value is -3.03. The molecule has 1 aromatic heterocycles. The molecule has 0 fully saturated rings. The van der Waals surface area contributed by atoms with Crippen molar-refractivity contribution in [2.75, 3.05) is 0 Å². The van der Waals surface area contributed by atoms with E-state index in [2.05, 4.69) is 11.6 Å². The van der Waals surface area contributed by atoms with Gasteiger partial charge in [0, 0.05) is 12.3 Å². The fourth-order valence-corrected chi connectivity index (χ4v) is 1.49. The van der Waals surface area contributed by atoms with Crippen molar-refractivity contribution in [1.82, 2.24) is 4.98 Å². The second-order valence-electron chi connectivity index (χ2n) is 4.29. The van der Waals surface area contributed by atoms with Crippen molar-refractivity contribution in [2.45, 2.75) is 6.18 Å². The predicted molar refractivity (Wildman–Crippen MR) is 73.2 cm³/mol. The maximum Gasteiger partial charge on any atom is 0.417 e. The lowest BCUT2D eigenvalue weighted by molar-refractivity contribution is -0.138. The molecule has 8 heteroatoms. The van der Waals surface area contributed by atoms with Crippen molar-refractivity contribution in [3.8, 4) is 17.4 Å². The highest BCUT2D eigenvalue weighted by molar-refractivity contribution is 5.83. The summed E-state index contributed by atoms with van der Waals surface area (Å²) in [7, 11) is 0. The first kappa shape index (κ1) is 16.3. The van der Waals surface area contributed by atoms with Crippen molar-refractivity contribution in [1.29, 1.82) is 0 Å². The molecule has 0 unspecified atom stereocenters. The minimum Gasteiger partial charge on any atom is -0.475 e. The average Bonchev–Trinajstić information content (AvgIpc) is 2.49. The third-order valence-electron chi connectivity index (χ3n) is 2.59. The molecule has 0 aliphatic carbocycles. The lowest BCUT2D eigenvalue weighted by Crippen LogP contribution is -2.05. The minimum absolute atomic E-state index is 0.0124. The first-order valence-electron chi connectivity index (χ1n) is 6.17. The zero-order valence-electron chi connectivity index (χ0n) is 11.5. The molecule has 2 rings (SSSR count). The Bertz CT molecular complexity index is 709. The summed E-state index contributed by atoms with van der Waals surface area (Å²) in [6.07, 6.45) is -3.79. The van der Waals surface area contributed by atoms with Gasteiger partial charge in [-0.2, -0.15) is 13.2 Å². The molecule has 0 saturated heterocycles. The Morgan fingerprint density at radius 1 is 1.09 bits per heavy atom. The van der Waals surface area contributed by atoms with Crippen molar-refractivity contribution in [3.05, 3.63) is 60.5 Å². The van der Waals surface area contributed by atoms with Gasteiger partial charge >= 0.3 is 12.1 Å². The lowest BCUT2D eigenvalue weighted by Gasteiger charge is -2.09. The topological polar surface area (TPSA) is 68.7 Å². The van der Waals surface area contributed by atoms with Crippen LogP contribution in [0.15, 0.2) is 54.9 Å². The molecule has 2 aromatic rings. The summed E-state index contributed by atoms with van der Waals surface area (Å²) in [5, 5.41) is 8.63. The van der Waals surface area contributed by atoms with E-state index in [9.17, 15) is 18.0 Å². The van der Waals surface area contributed by atoms with Gasteiger partial charge in [0.05, 0.1) is 5.56 Å². The highest BCUT2D eigenvalue weighted by atomic mass is 19.4. The van der Waals surface area contributed by atoms with E-state index in [1.165, 1.54) is 24.3 Å². The van der Waals surface area contributed by atoms with Crippen LogP contribution in [0.2, 0.25) is 0 Å². The van der Waals surface area contributed by atoms with Gasteiger partial charge in [0.1, 0.15) is 11.5 Å². The first-order valence-corrected chi connectivity index (χ1v) is 6.17. The van der Waals surface area contributed by atoms with E-state index >= 15 is 0 Å². The SMILES string of the molecule is C=C(Oc1ccc(Oc2ccc(C(F)(F)F)cn2)cc1)C(=O)O. The standard InChI is InChI=1S/C15H10F3NO4/c1-9(14(20)21)22-11-3-5-12(6-4-11)23-13-7-2-10(8-19-13)15(16,17)18/h2-8H,1H2,(H,20,21). The van der Waals surface area contributed by atoms with Crippen LogP contribution in [0.4, 0.5) is 13.2 Å². The van der Waals surface area contributed by atoms with Gasteiger partial charge in [-0.3, -0.25) is 0 Å².